The van der Waals surface area contributed by atoms with Gasteiger partial charge in [0.25, 0.3) is 5.91 Å². The fourth-order valence-corrected chi connectivity index (χ4v) is 4.94. The van der Waals surface area contributed by atoms with Crippen LogP contribution in [0.4, 0.5) is 10.5 Å². The van der Waals surface area contributed by atoms with E-state index in [2.05, 4.69) is 10.6 Å². The summed E-state index contributed by atoms with van der Waals surface area (Å²) in [4.78, 5) is 54.4. The van der Waals surface area contributed by atoms with Crippen LogP contribution in [0.5, 0.6) is 0 Å². The third-order valence-corrected chi connectivity index (χ3v) is 6.90. The van der Waals surface area contributed by atoms with E-state index in [1.54, 1.807) is 11.9 Å². The van der Waals surface area contributed by atoms with Crippen molar-refractivity contribution in [2.24, 2.45) is 0 Å². The van der Waals surface area contributed by atoms with Gasteiger partial charge in [-0.1, -0.05) is 42.5 Å². The minimum Gasteiger partial charge on any atom is -0.465 e. The maximum Gasteiger partial charge on any atom is 0.407 e. The number of likely N-dealkylation sites (tertiary alicyclic amines) is 1. The number of likely N-dealkylation sites (N-methyl/N-ethyl adjacent to an activating group) is 1. The standard InChI is InChI=1S/C26H31N5O5/c1-27-22(32)15-19-6-5-7-20(14-19)16-28-23(33)17-30-18-31(21-8-3-2-4-9-21)26(24(30)34)10-12-29(13-11-26)25(35)36/h2-9,14H,10-13,15-18H2,1H3,(H,27,32)(H,28,33)(H,35,36). The number of para-hydroxylation sites is 1. The topological polar surface area (TPSA) is 122 Å². The van der Waals surface area contributed by atoms with E-state index in [-0.39, 0.29) is 57.0 Å². The van der Waals surface area contributed by atoms with Crippen molar-refractivity contribution in [1.29, 1.82) is 0 Å². The van der Waals surface area contributed by atoms with Crippen LogP contribution in [0.15, 0.2) is 54.6 Å². The van der Waals surface area contributed by atoms with Gasteiger partial charge in [0, 0.05) is 32.4 Å². The van der Waals surface area contributed by atoms with E-state index in [4.69, 9.17) is 0 Å². The van der Waals surface area contributed by atoms with E-state index < -0.39 is 11.6 Å². The molecule has 2 heterocycles. The lowest BCUT2D eigenvalue weighted by Gasteiger charge is -2.42. The molecule has 0 radical (unpaired) electrons. The van der Waals surface area contributed by atoms with Crippen LogP contribution in [-0.2, 0) is 27.3 Å². The second-order valence-corrected chi connectivity index (χ2v) is 9.16. The van der Waals surface area contributed by atoms with Gasteiger partial charge in [-0.25, -0.2) is 4.79 Å². The maximum atomic E-state index is 13.6. The maximum absolute atomic E-state index is 13.6. The number of rotatable bonds is 7. The van der Waals surface area contributed by atoms with Gasteiger partial charge < -0.3 is 30.4 Å². The Morgan fingerprint density at radius 1 is 0.972 bits per heavy atom. The van der Waals surface area contributed by atoms with E-state index in [9.17, 15) is 24.3 Å². The molecule has 0 unspecified atom stereocenters. The Labute approximate surface area is 209 Å². The number of amides is 4. The molecule has 2 aliphatic heterocycles. The first-order chi connectivity index (χ1) is 17.3. The van der Waals surface area contributed by atoms with Gasteiger partial charge in [-0.05, 0) is 36.1 Å². The van der Waals surface area contributed by atoms with Gasteiger partial charge in [-0.3, -0.25) is 14.4 Å². The van der Waals surface area contributed by atoms with Crippen LogP contribution in [0.25, 0.3) is 0 Å². The van der Waals surface area contributed by atoms with Crippen molar-refractivity contribution in [3.05, 3.63) is 65.7 Å². The molecule has 0 atom stereocenters. The summed E-state index contributed by atoms with van der Waals surface area (Å²) in [7, 11) is 1.59. The summed E-state index contributed by atoms with van der Waals surface area (Å²) in [6.07, 6.45) is 0.00119. The second-order valence-electron chi connectivity index (χ2n) is 9.16. The minimum absolute atomic E-state index is 0.0881. The number of nitrogens with zero attached hydrogens (tertiary/aromatic N) is 3. The second kappa shape index (κ2) is 10.7. The smallest absolute Gasteiger partial charge is 0.407 e. The monoisotopic (exact) mass is 493 g/mol. The van der Waals surface area contributed by atoms with Crippen molar-refractivity contribution < 1.29 is 24.3 Å². The first kappa shape index (κ1) is 25.0. The summed E-state index contributed by atoms with van der Waals surface area (Å²) >= 11 is 0. The van der Waals surface area contributed by atoms with Crippen molar-refractivity contribution in [2.75, 3.05) is 38.3 Å². The predicted octanol–water partition coefficient (Wildman–Crippen LogP) is 1.41. The fraction of sp³-hybridized carbons (Fsp3) is 0.385. The number of piperidine rings is 1. The lowest BCUT2D eigenvalue weighted by atomic mass is 9.85. The van der Waals surface area contributed by atoms with E-state index in [1.165, 1.54) is 4.90 Å². The Balaban J connectivity index is 1.43. The van der Waals surface area contributed by atoms with Gasteiger partial charge in [0.15, 0.2) is 0 Å². The van der Waals surface area contributed by atoms with Crippen LogP contribution >= 0.6 is 0 Å². The summed E-state index contributed by atoms with van der Waals surface area (Å²) < 4.78 is 0. The van der Waals surface area contributed by atoms with Crippen molar-refractivity contribution in [3.8, 4) is 0 Å². The molecule has 10 heteroatoms. The molecule has 0 saturated carbocycles. The molecule has 0 aliphatic carbocycles. The Morgan fingerprint density at radius 2 is 1.67 bits per heavy atom. The zero-order chi connectivity index (χ0) is 25.7. The van der Waals surface area contributed by atoms with Gasteiger partial charge >= 0.3 is 6.09 Å². The lowest BCUT2D eigenvalue weighted by molar-refractivity contribution is -0.137. The highest BCUT2D eigenvalue weighted by Crippen LogP contribution is 2.39. The molecule has 10 nitrogen and oxygen atoms in total. The van der Waals surface area contributed by atoms with E-state index in [0.717, 1.165) is 16.8 Å². The van der Waals surface area contributed by atoms with Crippen LogP contribution < -0.4 is 15.5 Å². The first-order valence-corrected chi connectivity index (χ1v) is 12.0. The van der Waals surface area contributed by atoms with E-state index >= 15 is 0 Å². The molecular formula is C26H31N5O5. The van der Waals surface area contributed by atoms with Crippen molar-refractivity contribution in [1.82, 2.24) is 20.4 Å². The molecule has 0 bridgehead atoms. The Hall–Kier alpha value is -4.08. The van der Waals surface area contributed by atoms with Gasteiger partial charge in [0.2, 0.25) is 11.8 Å². The quantitative estimate of drug-likeness (QED) is 0.536. The molecule has 2 aromatic rings. The van der Waals surface area contributed by atoms with Crippen LogP contribution in [0, 0.1) is 0 Å². The Morgan fingerprint density at radius 3 is 2.33 bits per heavy atom. The zero-order valence-electron chi connectivity index (χ0n) is 20.3. The fourth-order valence-electron chi connectivity index (χ4n) is 4.94. The van der Waals surface area contributed by atoms with Crippen molar-refractivity contribution >= 4 is 29.5 Å². The number of carboxylic acid groups (broad SMARTS) is 1. The Bertz CT molecular complexity index is 1130. The number of hydrogen-bond donors (Lipinski definition) is 3. The van der Waals surface area contributed by atoms with Gasteiger partial charge in [0.05, 0.1) is 13.1 Å². The molecular weight excluding hydrogens is 462 g/mol. The van der Waals surface area contributed by atoms with Crippen LogP contribution in [0.2, 0.25) is 0 Å². The third kappa shape index (κ3) is 5.27. The molecule has 2 aliphatic rings. The predicted molar refractivity (Wildman–Crippen MR) is 133 cm³/mol. The number of carbonyl (C=O) groups excluding carboxylic acids is 3. The molecule has 2 saturated heterocycles. The number of anilines is 1. The van der Waals surface area contributed by atoms with Gasteiger partial charge in [0.1, 0.15) is 12.1 Å². The number of carbonyl (C=O) groups is 4. The molecule has 1 spiro atoms. The minimum atomic E-state index is -0.989. The molecule has 190 valence electrons. The van der Waals surface area contributed by atoms with Crippen LogP contribution in [-0.4, -0.2) is 77.6 Å². The highest BCUT2D eigenvalue weighted by atomic mass is 16.4. The van der Waals surface area contributed by atoms with Gasteiger partial charge in [-0.15, -0.1) is 0 Å². The summed E-state index contributed by atoms with van der Waals surface area (Å²) in [5, 5.41) is 14.8. The lowest BCUT2D eigenvalue weighted by Crippen LogP contribution is -2.57. The van der Waals surface area contributed by atoms with Crippen molar-refractivity contribution in [3.63, 3.8) is 0 Å². The van der Waals surface area contributed by atoms with Crippen LogP contribution in [0.1, 0.15) is 24.0 Å². The number of nitrogens with one attached hydrogen (secondary N) is 2. The normalized spacial score (nSPS) is 16.8. The van der Waals surface area contributed by atoms with Crippen molar-refractivity contribution in [2.45, 2.75) is 31.3 Å². The number of benzene rings is 2. The molecule has 4 rings (SSSR count). The molecule has 3 N–H and O–H groups in total. The van der Waals surface area contributed by atoms with Crippen LogP contribution in [0.3, 0.4) is 0 Å². The largest absolute Gasteiger partial charge is 0.465 e. The Kier molecular flexibility index (Phi) is 7.42. The average Bonchev–Trinajstić information content (AvgIpc) is 3.14. The summed E-state index contributed by atoms with van der Waals surface area (Å²) in [5.41, 5.74) is 1.71. The summed E-state index contributed by atoms with van der Waals surface area (Å²) in [6.45, 7) is 0.965. The molecule has 2 fully saturated rings. The zero-order valence-corrected chi connectivity index (χ0v) is 20.3. The highest BCUT2D eigenvalue weighted by molar-refractivity contribution is 5.96. The highest BCUT2D eigenvalue weighted by Gasteiger charge is 2.54. The van der Waals surface area contributed by atoms with Gasteiger partial charge in [-0.2, -0.15) is 0 Å². The molecule has 2 aromatic carbocycles. The average molecular weight is 494 g/mol. The molecule has 4 amide bonds. The summed E-state index contributed by atoms with van der Waals surface area (Å²) in [5.74, 6) is -0.526. The summed E-state index contributed by atoms with van der Waals surface area (Å²) in [6, 6.07) is 17.0. The SMILES string of the molecule is CNC(=O)Cc1cccc(CNC(=O)CN2CN(c3ccccc3)C3(CCN(C(=O)O)CC3)C2=O)c1. The molecule has 36 heavy (non-hydrogen) atoms. The number of hydrogen-bond acceptors (Lipinski definition) is 5. The first-order valence-electron chi connectivity index (χ1n) is 12.0. The van der Waals surface area contributed by atoms with E-state index in [0.29, 0.717) is 12.8 Å². The molecule has 0 aromatic heterocycles. The van der Waals surface area contributed by atoms with E-state index in [1.807, 2.05) is 59.5 Å². The third-order valence-electron chi connectivity index (χ3n) is 6.90.